The largest absolute Gasteiger partial charge is 0.320 e. The molecule has 0 saturated heterocycles. The topological polar surface area (TPSA) is 69.2 Å². The summed E-state index contributed by atoms with van der Waals surface area (Å²) in [6.07, 6.45) is 0. The van der Waals surface area contributed by atoms with Crippen molar-refractivity contribution in [2.75, 3.05) is 0 Å². The van der Waals surface area contributed by atoms with Gasteiger partial charge in [-0.05, 0) is 43.0 Å². The summed E-state index contributed by atoms with van der Waals surface area (Å²) in [5.74, 6) is 0. The summed E-state index contributed by atoms with van der Waals surface area (Å²) in [5.41, 5.74) is 11.2. The molecule has 0 saturated carbocycles. The van der Waals surface area contributed by atoms with E-state index in [4.69, 9.17) is 5.73 Å². The average molecular weight is 270 g/mol. The third kappa shape index (κ3) is 2.70. The van der Waals surface area contributed by atoms with Gasteiger partial charge in [-0.2, -0.15) is 0 Å². The third-order valence-electron chi connectivity index (χ3n) is 3.67. The van der Waals surface area contributed by atoms with Gasteiger partial charge in [-0.25, -0.2) is 0 Å². The number of nitrogens with zero attached hydrogens (tertiary/aromatic N) is 1. The first-order chi connectivity index (χ1) is 9.40. The summed E-state index contributed by atoms with van der Waals surface area (Å²) < 4.78 is 0. The summed E-state index contributed by atoms with van der Waals surface area (Å²) >= 11 is 0. The van der Waals surface area contributed by atoms with Crippen LogP contribution >= 0.6 is 0 Å². The molecule has 0 aliphatic heterocycles. The van der Waals surface area contributed by atoms with Gasteiger partial charge in [0, 0.05) is 12.1 Å². The molecule has 0 fully saturated rings. The van der Waals surface area contributed by atoms with E-state index in [1.54, 1.807) is 12.1 Å². The maximum Gasteiger partial charge on any atom is 0.270 e. The van der Waals surface area contributed by atoms with Crippen molar-refractivity contribution in [2.45, 2.75) is 26.8 Å². The second-order valence-corrected chi connectivity index (χ2v) is 5.12. The number of nitro benzene ring substituents is 1. The van der Waals surface area contributed by atoms with Gasteiger partial charge in [0.15, 0.2) is 0 Å². The fourth-order valence-corrected chi connectivity index (χ4v) is 2.25. The van der Waals surface area contributed by atoms with Gasteiger partial charge >= 0.3 is 0 Å². The molecule has 104 valence electrons. The lowest BCUT2D eigenvalue weighted by Gasteiger charge is -2.17. The van der Waals surface area contributed by atoms with E-state index in [0.29, 0.717) is 0 Å². The quantitative estimate of drug-likeness (QED) is 0.684. The van der Waals surface area contributed by atoms with Crippen molar-refractivity contribution in [2.24, 2.45) is 5.73 Å². The molecule has 4 heteroatoms. The predicted octanol–water partition coefficient (Wildman–Crippen LogP) is 3.57. The lowest BCUT2D eigenvalue weighted by molar-refractivity contribution is -0.385. The highest BCUT2D eigenvalue weighted by Gasteiger charge is 2.17. The first kappa shape index (κ1) is 14.2. The molecule has 0 aromatic heterocycles. The molecule has 0 spiro atoms. The molecular weight excluding hydrogens is 252 g/mol. The molecule has 2 aromatic carbocycles. The monoisotopic (exact) mass is 270 g/mol. The van der Waals surface area contributed by atoms with Crippen molar-refractivity contribution in [3.8, 4) is 0 Å². The van der Waals surface area contributed by atoms with Gasteiger partial charge in [0.25, 0.3) is 5.69 Å². The van der Waals surface area contributed by atoms with Crippen LogP contribution in [0, 0.1) is 30.9 Å². The van der Waals surface area contributed by atoms with E-state index in [1.807, 2.05) is 45.0 Å². The number of hydrogen-bond donors (Lipinski definition) is 1. The molecule has 0 radical (unpaired) electrons. The number of nitrogens with two attached hydrogens (primary N) is 1. The van der Waals surface area contributed by atoms with Gasteiger partial charge in [-0.3, -0.25) is 10.1 Å². The van der Waals surface area contributed by atoms with E-state index < -0.39 is 0 Å². The Morgan fingerprint density at radius 2 is 1.70 bits per heavy atom. The first-order valence-corrected chi connectivity index (χ1v) is 6.48. The zero-order chi connectivity index (χ0) is 14.9. The molecule has 2 N–H and O–H groups in total. The maximum absolute atomic E-state index is 11.0. The second kappa shape index (κ2) is 5.43. The molecule has 2 rings (SSSR count). The third-order valence-corrected chi connectivity index (χ3v) is 3.67. The predicted molar refractivity (Wildman–Crippen MR) is 79.8 cm³/mol. The molecule has 0 aliphatic rings. The Kier molecular flexibility index (Phi) is 3.86. The van der Waals surface area contributed by atoms with Crippen LogP contribution in [0.2, 0.25) is 0 Å². The Hall–Kier alpha value is -2.20. The highest BCUT2D eigenvalue weighted by Crippen LogP contribution is 2.29. The Labute approximate surface area is 118 Å². The Balaban J connectivity index is 2.50. The van der Waals surface area contributed by atoms with Crippen molar-refractivity contribution in [3.05, 3.63) is 74.3 Å². The fourth-order valence-electron chi connectivity index (χ4n) is 2.25. The van der Waals surface area contributed by atoms with E-state index in [-0.39, 0.29) is 16.7 Å². The lowest BCUT2D eigenvalue weighted by Crippen LogP contribution is -2.14. The summed E-state index contributed by atoms with van der Waals surface area (Å²) in [6.45, 7) is 5.83. The highest BCUT2D eigenvalue weighted by atomic mass is 16.6. The number of non-ortho nitro benzene ring substituents is 1. The fraction of sp³-hybridized carbons (Fsp3) is 0.250. The molecular formula is C16H18N2O2. The molecule has 0 amide bonds. The first-order valence-electron chi connectivity index (χ1n) is 6.48. The van der Waals surface area contributed by atoms with Crippen LogP contribution in [0.1, 0.15) is 33.9 Å². The minimum atomic E-state index is -0.377. The summed E-state index contributed by atoms with van der Waals surface area (Å²) in [7, 11) is 0. The second-order valence-electron chi connectivity index (χ2n) is 5.12. The summed E-state index contributed by atoms with van der Waals surface area (Å²) in [6, 6.07) is 10.7. The van der Waals surface area contributed by atoms with Crippen LogP contribution in [-0.2, 0) is 0 Å². The number of hydrogen-bond acceptors (Lipinski definition) is 3. The van der Waals surface area contributed by atoms with Crippen LogP contribution in [0.4, 0.5) is 5.69 Å². The highest BCUT2D eigenvalue weighted by molar-refractivity contribution is 5.48. The van der Waals surface area contributed by atoms with Crippen LogP contribution in [0.3, 0.4) is 0 Å². The smallest absolute Gasteiger partial charge is 0.270 e. The Bertz CT molecular complexity index is 648. The van der Waals surface area contributed by atoms with Gasteiger partial charge in [0.1, 0.15) is 0 Å². The van der Waals surface area contributed by atoms with Crippen molar-refractivity contribution in [1.82, 2.24) is 0 Å². The number of rotatable bonds is 3. The molecule has 4 nitrogen and oxygen atoms in total. The van der Waals surface area contributed by atoms with Gasteiger partial charge in [0.05, 0.1) is 11.0 Å². The van der Waals surface area contributed by atoms with E-state index in [9.17, 15) is 10.1 Å². The normalized spacial score (nSPS) is 12.2. The molecule has 0 heterocycles. The molecule has 1 atom stereocenters. The minimum absolute atomic E-state index is 0.0886. The van der Waals surface area contributed by atoms with Crippen molar-refractivity contribution >= 4 is 5.69 Å². The Morgan fingerprint density at radius 3 is 2.25 bits per heavy atom. The maximum atomic E-state index is 11.0. The van der Waals surface area contributed by atoms with Gasteiger partial charge in [0.2, 0.25) is 0 Å². The molecule has 0 aliphatic carbocycles. The Morgan fingerprint density at radius 1 is 1.10 bits per heavy atom. The van der Waals surface area contributed by atoms with E-state index in [2.05, 4.69) is 0 Å². The number of benzene rings is 2. The van der Waals surface area contributed by atoms with Crippen molar-refractivity contribution in [3.63, 3.8) is 0 Å². The van der Waals surface area contributed by atoms with Crippen LogP contribution < -0.4 is 5.73 Å². The van der Waals surface area contributed by atoms with E-state index >= 15 is 0 Å². The minimum Gasteiger partial charge on any atom is -0.320 e. The molecule has 0 bridgehead atoms. The summed E-state index contributed by atoms with van der Waals surface area (Å²) in [4.78, 5) is 10.6. The van der Waals surface area contributed by atoms with Crippen LogP contribution in [0.15, 0.2) is 36.4 Å². The van der Waals surface area contributed by atoms with Gasteiger partial charge in [-0.1, -0.05) is 29.8 Å². The zero-order valence-corrected chi connectivity index (χ0v) is 11.9. The SMILES string of the molecule is Cc1ccc(C(N)c2cc([N+](=O)[O-])cc(C)c2C)cc1. The van der Waals surface area contributed by atoms with E-state index in [0.717, 1.165) is 27.8 Å². The van der Waals surface area contributed by atoms with Crippen molar-refractivity contribution < 1.29 is 4.92 Å². The zero-order valence-electron chi connectivity index (χ0n) is 11.9. The van der Waals surface area contributed by atoms with Crippen LogP contribution in [0.5, 0.6) is 0 Å². The summed E-state index contributed by atoms with van der Waals surface area (Å²) in [5, 5.41) is 11.0. The van der Waals surface area contributed by atoms with Crippen LogP contribution in [-0.4, -0.2) is 4.92 Å². The van der Waals surface area contributed by atoms with Crippen molar-refractivity contribution in [1.29, 1.82) is 0 Å². The number of aryl methyl sites for hydroxylation is 2. The number of nitro groups is 1. The van der Waals surface area contributed by atoms with Gasteiger partial charge < -0.3 is 5.73 Å². The molecule has 2 aromatic rings. The average Bonchev–Trinajstić information content (AvgIpc) is 2.41. The molecule has 20 heavy (non-hydrogen) atoms. The molecule has 1 unspecified atom stereocenters. The van der Waals surface area contributed by atoms with E-state index in [1.165, 1.54) is 0 Å². The standard InChI is InChI=1S/C16H18N2O2/c1-10-4-6-13(7-5-10)16(17)15-9-14(18(19)20)8-11(2)12(15)3/h4-9,16H,17H2,1-3H3. The van der Waals surface area contributed by atoms with Gasteiger partial charge in [-0.15, -0.1) is 0 Å². The lowest BCUT2D eigenvalue weighted by atomic mass is 9.92. The van der Waals surface area contributed by atoms with Crippen LogP contribution in [0.25, 0.3) is 0 Å².